The summed E-state index contributed by atoms with van der Waals surface area (Å²) in [6.45, 7) is 3.30. The molecule has 4 nitrogen and oxygen atoms in total. The van der Waals surface area contributed by atoms with Gasteiger partial charge in [0.1, 0.15) is 12.4 Å². The second kappa shape index (κ2) is 7.26. The number of hydrogen-bond donors (Lipinski definition) is 1. The van der Waals surface area contributed by atoms with E-state index in [-0.39, 0.29) is 19.0 Å². The van der Waals surface area contributed by atoms with E-state index in [0.717, 1.165) is 11.1 Å². The summed E-state index contributed by atoms with van der Waals surface area (Å²) in [5, 5.41) is 8.66. The van der Waals surface area contributed by atoms with Gasteiger partial charge in [0.2, 0.25) is 0 Å². The standard InChI is InChI=1S/C17H16O4/c1-13(20-12-11-18)17(19)21-16-10-6-5-9-15(16)14-7-3-2-4-8-14/h2-10,18H,1,11-12H2. The van der Waals surface area contributed by atoms with Crippen molar-refractivity contribution in [1.29, 1.82) is 0 Å². The van der Waals surface area contributed by atoms with Crippen molar-refractivity contribution in [1.82, 2.24) is 0 Å². The summed E-state index contributed by atoms with van der Waals surface area (Å²) in [4.78, 5) is 11.9. The van der Waals surface area contributed by atoms with Gasteiger partial charge in [-0.05, 0) is 18.2 Å². The molecule has 0 radical (unpaired) electrons. The number of carbonyl (C=O) groups excluding carboxylic acids is 1. The van der Waals surface area contributed by atoms with Crippen molar-refractivity contribution in [3.05, 3.63) is 66.9 Å². The fourth-order valence-electron chi connectivity index (χ4n) is 1.80. The Morgan fingerprint density at radius 3 is 2.43 bits per heavy atom. The molecule has 0 spiro atoms. The molecule has 0 aliphatic heterocycles. The van der Waals surface area contributed by atoms with Gasteiger partial charge in [0.05, 0.1) is 6.61 Å². The molecule has 0 atom stereocenters. The second-order valence-corrected chi connectivity index (χ2v) is 4.25. The lowest BCUT2D eigenvalue weighted by Crippen LogP contribution is -2.14. The normalized spacial score (nSPS) is 9.95. The molecule has 2 aromatic carbocycles. The third-order valence-electron chi connectivity index (χ3n) is 2.77. The van der Waals surface area contributed by atoms with Crippen molar-refractivity contribution < 1.29 is 19.4 Å². The third kappa shape index (κ3) is 3.94. The maximum absolute atomic E-state index is 11.9. The molecule has 0 saturated heterocycles. The van der Waals surface area contributed by atoms with Gasteiger partial charge in [-0.25, -0.2) is 4.79 Å². The van der Waals surface area contributed by atoms with E-state index in [1.165, 1.54) is 0 Å². The number of aliphatic hydroxyl groups excluding tert-OH is 1. The number of benzene rings is 2. The number of rotatable bonds is 6. The van der Waals surface area contributed by atoms with Crippen LogP contribution in [0.2, 0.25) is 0 Å². The van der Waals surface area contributed by atoms with Gasteiger partial charge in [-0.15, -0.1) is 0 Å². The molecule has 0 amide bonds. The molecule has 2 rings (SSSR count). The van der Waals surface area contributed by atoms with Crippen molar-refractivity contribution in [3.8, 4) is 16.9 Å². The molecule has 4 heteroatoms. The Morgan fingerprint density at radius 1 is 1.05 bits per heavy atom. The maximum Gasteiger partial charge on any atom is 0.378 e. The minimum absolute atomic E-state index is 0.00820. The average Bonchev–Trinajstić information content (AvgIpc) is 2.54. The van der Waals surface area contributed by atoms with E-state index in [4.69, 9.17) is 14.6 Å². The SMILES string of the molecule is C=C(OCCO)C(=O)Oc1ccccc1-c1ccccc1. The lowest BCUT2D eigenvalue weighted by atomic mass is 10.1. The van der Waals surface area contributed by atoms with Crippen LogP contribution in [0.5, 0.6) is 5.75 Å². The highest BCUT2D eigenvalue weighted by Gasteiger charge is 2.14. The summed E-state index contributed by atoms with van der Waals surface area (Å²) in [5.74, 6) is -0.374. The van der Waals surface area contributed by atoms with Crippen LogP contribution in [0.1, 0.15) is 0 Å². The van der Waals surface area contributed by atoms with Crippen LogP contribution in [0.15, 0.2) is 66.9 Å². The van der Waals surface area contributed by atoms with Crippen LogP contribution in [0, 0.1) is 0 Å². The van der Waals surface area contributed by atoms with Crippen molar-refractivity contribution in [2.45, 2.75) is 0 Å². The molecule has 0 aromatic heterocycles. The van der Waals surface area contributed by atoms with Gasteiger partial charge in [-0.2, -0.15) is 0 Å². The zero-order valence-corrected chi connectivity index (χ0v) is 11.5. The van der Waals surface area contributed by atoms with Crippen LogP contribution in [0.3, 0.4) is 0 Å². The van der Waals surface area contributed by atoms with E-state index >= 15 is 0 Å². The lowest BCUT2D eigenvalue weighted by molar-refractivity contribution is -0.134. The molecule has 0 saturated carbocycles. The molecule has 0 aliphatic carbocycles. The molecule has 0 aliphatic rings. The van der Waals surface area contributed by atoms with E-state index in [9.17, 15) is 4.79 Å². The summed E-state index contributed by atoms with van der Waals surface area (Å²) in [6, 6.07) is 16.8. The van der Waals surface area contributed by atoms with Crippen LogP contribution in [0.25, 0.3) is 11.1 Å². The van der Waals surface area contributed by atoms with Gasteiger partial charge in [0.25, 0.3) is 0 Å². The molecule has 0 heterocycles. The fourth-order valence-corrected chi connectivity index (χ4v) is 1.80. The van der Waals surface area contributed by atoms with E-state index in [0.29, 0.717) is 5.75 Å². The maximum atomic E-state index is 11.9. The molecule has 2 aromatic rings. The number of para-hydroxylation sites is 1. The number of hydrogen-bond acceptors (Lipinski definition) is 4. The molecule has 0 unspecified atom stereocenters. The molecular weight excluding hydrogens is 268 g/mol. The summed E-state index contributed by atoms with van der Waals surface area (Å²) in [5.41, 5.74) is 1.75. The number of carbonyl (C=O) groups is 1. The summed E-state index contributed by atoms with van der Waals surface area (Å²) < 4.78 is 10.3. The highest BCUT2D eigenvalue weighted by molar-refractivity contribution is 5.88. The first-order valence-corrected chi connectivity index (χ1v) is 6.51. The molecular formula is C17H16O4. The zero-order chi connectivity index (χ0) is 15.1. The predicted molar refractivity (Wildman–Crippen MR) is 79.7 cm³/mol. The third-order valence-corrected chi connectivity index (χ3v) is 2.77. The van der Waals surface area contributed by atoms with Crippen LogP contribution >= 0.6 is 0 Å². The van der Waals surface area contributed by atoms with Gasteiger partial charge in [-0.3, -0.25) is 0 Å². The van der Waals surface area contributed by atoms with E-state index in [1.807, 2.05) is 42.5 Å². The fraction of sp³-hybridized carbons (Fsp3) is 0.118. The number of ether oxygens (including phenoxy) is 2. The predicted octanol–water partition coefficient (Wildman–Crippen LogP) is 2.78. The minimum atomic E-state index is -0.674. The van der Waals surface area contributed by atoms with Crippen molar-refractivity contribution >= 4 is 5.97 Å². The van der Waals surface area contributed by atoms with Gasteiger partial charge in [0, 0.05) is 5.56 Å². The number of esters is 1. The summed E-state index contributed by atoms with van der Waals surface area (Å²) >= 11 is 0. The molecule has 0 bridgehead atoms. The Balaban J connectivity index is 2.18. The van der Waals surface area contributed by atoms with Crippen molar-refractivity contribution in [2.75, 3.05) is 13.2 Å². The van der Waals surface area contributed by atoms with E-state index in [1.54, 1.807) is 12.1 Å². The molecule has 1 N–H and O–H groups in total. The van der Waals surface area contributed by atoms with Crippen LogP contribution in [-0.4, -0.2) is 24.3 Å². The average molecular weight is 284 g/mol. The van der Waals surface area contributed by atoms with E-state index in [2.05, 4.69) is 6.58 Å². The van der Waals surface area contributed by atoms with Gasteiger partial charge in [0.15, 0.2) is 5.76 Å². The van der Waals surface area contributed by atoms with Gasteiger partial charge < -0.3 is 14.6 Å². The van der Waals surface area contributed by atoms with Gasteiger partial charge in [-0.1, -0.05) is 48.5 Å². The highest BCUT2D eigenvalue weighted by atomic mass is 16.6. The first kappa shape index (κ1) is 14.8. The quantitative estimate of drug-likeness (QED) is 0.383. The highest BCUT2D eigenvalue weighted by Crippen LogP contribution is 2.29. The molecule has 108 valence electrons. The molecule has 0 fully saturated rings. The lowest BCUT2D eigenvalue weighted by Gasteiger charge is -2.11. The Hall–Kier alpha value is -2.59. The van der Waals surface area contributed by atoms with Crippen LogP contribution in [-0.2, 0) is 9.53 Å². The van der Waals surface area contributed by atoms with Crippen LogP contribution in [0.4, 0.5) is 0 Å². The van der Waals surface area contributed by atoms with Gasteiger partial charge >= 0.3 is 5.97 Å². The Labute approximate surface area is 123 Å². The molecule has 21 heavy (non-hydrogen) atoms. The Kier molecular flexibility index (Phi) is 5.12. The largest absolute Gasteiger partial charge is 0.485 e. The summed E-state index contributed by atoms with van der Waals surface area (Å²) in [7, 11) is 0. The number of aliphatic hydroxyl groups is 1. The minimum Gasteiger partial charge on any atom is -0.485 e. The smallest absolute Gasteiger partial charge is 0.378 e. The van der Waals surface area contributed by atoms with Crippen molar-refractivity contribution in [3.63, 3.8) is 0 Å². The first-order valence-electron chi connectivity index (χ1n) is 6.51. The second-order valence-electron chi connectivity index (χ2n) is 4.25. The first-order chi connectivity index (χ1) is 10.2. The topological polar surface area (TPSA) is 55.8 Å². The van der Waals surface area contributed by atoms with E-state index < -0.39 is 5.97 Å². The Bertz CT molecular complexity index is 620. The summed E-state index contributed by atoms with van der Waals surface area (Å²) in [6.07, 6.45) is 0. The Morgan fingerprint density at radius 2 is 1.71 bits per heavy atom. The zero-order valence-electron chi connectivity index (χ0n) is 11.5. The van der Waals surface area contributed by atoms with Crippen LogP contribution < -0.4 is 4.74 Å². The van der Waals surface area contributed by atoms with Crippen molar-refractivity contribution in [2.24, 2.45) is 0 Å². The monoisotopic (exact) mass is 284 g/mol.